The van der Waals surface area contributed by atoms with Crippen LogP contribution in [-0.4, -0.2) is 52.2 Å². The summed E-state index contributed by atoms with van der Waals surface area (Å²) in [4.78, 5) is 25.9. The summed E-state index contributed by atoms with van der Waals surface area (Å²) in [6.07, 6.45) is 8.54. The minimum atomic E-state index is -0.836. The van der Waals surface area contributed by atoms with E-state index in [1.807, 2.05) is 25.7 Å². The number of allylic oxidation sites excluding steroid dienone is 2. The van der Waals surface area contributed by atoms with Crippen molar-refractivity contribution in [1.82, 2.24) is 14.9 Å². The molecule has 1 saturated heterocycles. The molecular formula is C30H40F2N4O2. The molecule has 1 aliphatic carbocycles. The molecule has 206 valence electrons. The number of rotatable bonds is 5. The number of nitrogens with zero attached hydrogens (tertiary/aromatic N) is 4. The summed E-state index contributed by atoms with van der Waals surface area (Å²) in [5, 5.41) is 0. The number of ether oxygens (including phenoxy) is 1. The number of benzene rings is 1. The lowest BCUT2D eigenvalue weighted by molar-refractivity contribution is 0.0218. The van der Waals surface area contributed by atoms with Crippen molar-refractivity contribution in [2.75, 3.05) is 24.5 Å². The topological polar surface area (TPSA) is 58.6 Å². The second-order valence-electron chi connectivity index (χ2n) is 10.7. The normalized spacial score (nSPS) is 18.0. The highest BCUT2D eigenvalue weighted by Crippen LogP contribution is 2.45. The summed E-state index contributed by atoms with van der Waals surface area (Å²) in [5.41, 5.74) is 3.82. The maximum absolute atomic E-state index is 12.5. The minimum absolute atomic E-state index is 0.164. The number of aryl methyl sites for hydroxylation is 1. The van der Waals surface area contributed by atoms with Crippen molar-refractivity contribution < 1.29 is 18.3 Å². The number of hydrogen-bond acceptors (Lipinski definition) is 5. The van der Waals surface area contributed by atoms with E-state index in [9.17, 15) is 13.6 Å². The molecule has 1 aromatic heterocycles. The Morgan fingerprint density at radius 1 is 1.18 bits per heavy atom. The molecule has 2 aromatic rings. The molecule has 8 heteroatoms. The van der Waals surface area contributed by atoms with Crippen LogP contribution in [0, 0.1) is 17.6 Å². The molecule has 1 atom stereocenters. The van der Waals surface area contributed by atoms with E-state index in [0.717, 1.165) is 36.6 Å². The molecule has 0 N–H and O–H groups in total. The third kappa shape index (κ3) is 7.39. The molecule has 2 fully saturated rings. The van der Waals surface area contributed by atoms with E-state index in [4.69, 9.17) is 9.72 Å². The maximum Gasteiger partial charge on any atom is 0.410 e. The molecule has 38 heavy (non-hydrogen) atoms. The van der Waals surface area contributed by atoms with Crippen molar-refractivity contribution in [2.24, 2.45) is 5.92 Å². The first-order chi connectivity index (χ1) is 18.0. The third-order valence-corrected chi connectivity index (χ3v) is 6.59. The van der Waals surface area contributed by atoms with Crippen LogP contribution in [0.3, 0.4) is 0 Å². The van der Waals surface area contributed by atoms with E-state index in [1.54, 1.807) is 6.33 Å². The van der Waals surface area contributed by atoms with Crippen LogP contribution in [0.1, 0.15) is 71.2 Å². The van der Waals surface area contributed by atoms with E-state index in [0.29, 0.717) is 24.6 Å². The van der Waals surface area contributed by atoms with Crippen LogP contribution in [-0.2, 0) is 11.2 Å². The zero-order valence-corrected chi connectivity index (χ0v) is 23.4. The van der Waals surface area contributed by atoms with Crippen LogP contribution in [0.15, 0.2) is 37.2 Å². The first-order valence-corrected chi connectivity index (χ1v) is 13.3. The Morgan fingerprint density at radius 3 is 2.42 bits per heavy atom. The Balaban J connectivity index is 0.000000336. The van der Waals surface area contributed by atoms with Crippen LogP contribution >= 0.6 is 0 Å². The summed E-state index contributed by atoms with van der Waals surface area (Å²) in [7, 11) is 0. The smallest absolute Gasteiger partial charge is 0.410 e. The largest absolute Gasteiger partial charge is 0.444 e. The van der Waals surface area contributed by atoms with Gasteiger partial charge in [-0.25, -0.2) is 23.5 Å². The number of carbonyl (C=O) groups excluding carboxylic acids is 1. The summed E-state index contributed by atoms with van der Waals surface area (Å²) >= 11 is 0. The molecule has 1 saturated carbocycles. The molecule has 0 unspecified atom stereocenters. The Morgan fingerprint density at radius 2 is 1.89 bits per heavy atom. The Bertz CT molecular complexity index is 1170. The van der Waals surface area contributed by atoms with Crippen LogP contribution in [0.5, 0.6) is 0 Å². The highest BCUT2D eigenvalue weighted by atomic mass is 19.2. The minimum Gasteiger partial charge on any atom is -0.444 e. The van der Waals surface area contributed by atoms with E-state index < -0.39 is 17.2 Å². The highest BCUT2D eigenvalue weighted by Gasteiger charge is 2.35. The Labute approximate surface area is 225 Å². The Hall–Kier alpha value is -3.29. The molecule has 4 rings (SSSR count). The SMILES string of the molecule is C/C=C(\c1c(CC)ncnc1N1CCN(C(=O)OC(C)(C)C)C[C@@H]1C)C1CC1.C=Cc1ccc(F)c(F)c1. The number of amides is 1. The molecule has 2 heterocycles. The monoisotopic (exact) mass is 526 g/mol. The van der Waals surface area contributed by atoms with E-state index in [-0.39, 0.29) is 12.1 Å². The predicted molar refractivity (Wildman–Crippen MR) is 149 cm³/mol. The zero-order valence-electron chi connectivity index (χ0n) is 23.4. The van der Waals surface area contributed by atoms with Gasteiger partial charge in [-0.2, -0.15) is 0 Å². The van der Waals surface area contributed by atoms with E-state index >= 15 is 0 Å². The van der Waals surface area contributed by atoms with Gasteiger partial charge in [0.15, 0.2) is 11.6 Å². The van der Waals surface area contributed by atoms with Crippen molar-refractivity contribution in [3.05, 3.63) is 65.6 Å². The fourth-order valence-corrected chi connectivity index (χ4v) is 4.58. The molecule has 1 aliphatic heterocycles. The van der Waals surface area contributed by atoms with E-state index in [1.165, 1.54) is 36.1 Å². The van der Waals surface area contributed by atoms with Crippen molar-refractivity contribution in [3.8, 4) is 0 Å². The van der Waals surface area contributed by atoms with Crippen molar-refractivity contribution in [3.63, 3.8) is 0 Å². The molecule has 0 spiro atoms. The number of piperazine rings is 1. The first kappa shape index (κ1) is 29.3. The van der Waals surface area contributed by atoms with Gasteiger partial charge in [0.1, 0.15) is 17.7 Å². The number of carbonyl (C=O) groups is 1. The molecule has 0 bridgehead atoms. The van der Waals surface area contributed by atoms with Gasteiger partial charge in [-0.3, -0.25) is 0 Å². The third-order valence-electron chi connectivity index (χ3n) is 6.59. The summed E-state index contributed by atoms with van der Waals surface area (Å²) in [6, 6.07) is 3.80. The lowest BCUT2D eigenvalue weighted by Gasteiger charge is -2.41. The van der Waals surface area contributed by atoms with Gasteiger partial charge in [0.2, 0.25) is 0 Å². The average molecular weight is 527 g/mol. The number of hydrogen-bond donors (Lipinski definition) is 0. The predicted octanol–water partition coefficient (Wildman–Crippen LogP) is 6.91. The summed E-state index contributed by atoms with van der Waals surface area (Å²) < 4.78 is 30.1. The summed E-state index contributed by atoms with van der Waals surface area (Å²) in [6.45, 7) is 17.6. The Kier molecular flexibility index (Phi) is 9.63. The first-order valence-electron chi connectivity index (χ1n) is 13.3. The van der Waals surface area contributed by atoms with Gasteiger partial charge >= 0.3 is 6.09 Å². The second kappa shape index (κ2) is 12.5. The highest BCUT2D eigenvalue weighted by molar-refractivity contribution is 5.79. The van der Waals surface area contributed by atoms with Crippen molar-refractivity contribution >= 4 is 23.6 Å². The van der Waals surface area contributed by atoms with Gasteiger partial charge in [-0.15, -0.1) is 0 Å². The fraction of sp³-hybridized carbons (Fsp3) is 0.500. The zero-order chi connectivity index (χ0) is 28.0. The average Bonchev–Trinajstić information content (AvgIpc) is 3.71. The van der Waals surface area contributed by atoms with Gasteiger partial charge in [-0.1, -0.05) is 31.7 Å². The van der Waals surface area contributed by atoms with Crippen LogP contribution in [0.2, 0.25) is 0 Å². The van der Waals surface area contributed by atoms with Gasteiger partial charge in [0, 0.05) is 31.2 Å². The quantitative estimate of drug-likeness (QED) is 0.424. The standard InChI is InChI=1S/C22H34N4O2.C8H6F2/c1-7-17(16-9-10-16)19-18(8-2)23-14-24-20(19)26-12-11-25(13-15(26)3)21(27)28-22(4,5)6;1-2-6-3-4-7(9)8(10)5-6/h7,14-16H,8-13H2,1-6H3;2-5H,1H2/b17-7-;/t15-;/m0./s1. The fourth-order valence-electron chi connectivity index (χ4n) is 4.58. The molecule has 1 amide bonds. The molecular weight excluding hydrogens is 486 g/mol. The summed E-state index contributed by atoms with van der Waals surface area (Å²) in [5.74, 6) is -0.00963. The molecule has 6 nitrogen and oxygen atoms in total. The van der Waals surface area contributed by atoms with Gasteiger partial charge in [0.25, 0.3) is 0 Å². The number of anilines is 1. The maximum atomic E-state index is 12.5. The lowest BCUT2D eigenvalue weighted by Crippen LogP contribution is -2.55. The van der Waals surface area contributed by atoms with Crippen LogP contribution < -0.4 is 4.90 Å². The molecule has 1 aromatic carbocycles. The van der Waals surface area contributed by atoms with Gasteiger partial charge < -0.3 is 14.5 Å². The van der Waals surface area contributed by atoms with Crippen molar-refractivity contribution in [2.45, 2.75) is 72.4 Å². The van der Waals surface area contributed by atoms with Crippen molar-refractivity contribution in [1.29, 1.82) is 0 Å². The number of halogens is 2. The van der Waals surface area contributed by atoms with Crippen LogP contribution in [0.25, 0.3) is 11.6 Å². The molecule has 2 aliphatic rings. The lowest BCUT2D eigenvalue weighted by atomic mass is 9.97. The van der Waals surface area contributed by atoms with Gasteiger partial charge in [0.05, 0.1) is 5.69 Å². The molecule has 0 radical (unpaired) electrons. The van der Waals surface area contributed by atoms with E-state index in [2.05, 4.69) is 43.3 Å². The van der Waals surface area contributed by atoms with Gasteiger partial charge in [-0.05, 0) is 83.1 Å². The second-order valence-corrected chi connectivity index (χ2v) is 10.7. The number of aromatic nitrogens is 2. The van der Waals surface area contributed by atoms with Crippen LogP contribution in [0.4, 0.5) is 19.4 Å².